The molecule has 0 aliphatic rings. The first kappa shape index (κ1) is 14.3. The van der Waals surface area contributed by atoms with Gasteiger partial charge in [0, 0.05) is 29.8 Å². The summed E-state index contributed by atoms with van der Waals surface area (Å²) in [6.07, 6.45) is 3.55. The summed E-state index contributed by atoms with van der Waals surface area (Å²) in [6, 6.07) is 1.80. The average Bonchev–Trinajstić information content (AvgIpc) is 2.65. The Bertz CT molecular complexity index is 396. The molecule has 0 aliphatic heterocycles. The molecule has 1 amide bonds. The maximum Gasteiger partial charge on any atom is 0.267 e. The number of nitrogens with one attached hydrogen (secondary N) is 1. The van der Waals surface area contributed by atoms with E-state index >= 15 is 0 Å². The first-order valence-electron chi connectivity index (χ1n) is 5.81. The zero-order valence-corrected chi connectivity index (χ0v) is 12.2. The summed E-state index contributed by atoms with van der Waals surface area (Å²) in [4.78, 5) is 11.9. The van der Waals surface area contributed by atoms with Gasteiger partial charge in [0.1, 0.15) is 5.69 Å². The lowest BCUT2D eigenvalue weighted by Crippen LogP contribution is -2.49. The van der Waals surface area contributed by atoms with Crippen molar-refractivity contribution in [1.82, 2.24) is 9.88 Å². The number of hydrogen-bond acceptors (Lipinski definition) is 2. The lowest BCUT2D eigenvalue weighted by molar-refractivity contribution is 0.0934. The van der Waals surface area contributed by atoms with E-state index in [2.05, 4.69) is 21.2 Å². The Labute approximate surface area is 111 Å². The number of halogens is 1. The number of hydrogen-bond donors (Lipinski definition) is 2. The predicted molar refractivity (Wildman–Crippen MR) is 72.9 cm³/mol. The quantitative estimate of drug-likeness (QED) is 0.874. The fourth-order valence-corrected chi connectivity index (χ4v) is 2.12. The summed E-state index contributed by atoms with van der Waals surface area (Å²) in [6.45, 7) is 4.57. The van der Waals surface area contributed by atoms with E-state index in [9.17, 15) is 4.79 Å². The fraction of sp³-hybridized carbons (Fsp3) is 0.583. The second-order valence-corrected chi connectivity index (χ2v) is 5.32. The number of rotatable bonds is 5. The summed E-state index contributed by atoms with van der Waals surface area (Å²) >= 11 is 3.34. The van der Waals surface area contributed by atoms with Crippen LogP contribution in [0.3, 0.4) is 0 Å². The van der Waals surface area contributed by atoms with E-state index < -0.39 is 0 Å². The molecule has 0 saturated carbocycles. The van der Waals surface area contributed by atoms with Crippen LogP contribution in [0.25, 0.3) is 0 Å². The molecule has 0 aromatic carbocycles. The molecular weight excluding hydrogens is 282 g/mol. The zero-order valence-electron chi connectivity index (χ0n) is 10.6. The molecule has 1 rings (SSSR count). The number of carbonyl (C=O) groups excluding carboxylic acids is 1. The molecule has 5 heteroatoms. The van der Waals surface area contributed by atoms with Gasteiger partial charge in [-0.2, -0.15) is 0 Å². The highest BCUT2D eigenvalue weighted by Gasteiger charge is 2.21. The first-order chi connectivity index (χ1) is 7.91. The van der Waals surface area contributed by atoms with E-state index in [0.29, 0.717) is 12.2 Å². The Morgan fingerprint density at radius 1 is 1.53 bits per heavy atom. The van der Waals surface area contributed by atoms with E-state index in [0.717, 1.165) is 17.3 Å². The molecule has 0 bridgehead atoms. The van der Waals surface area contributed by atoms with Gasteiger partial charge in [0.05, 0.1) is 0 Å². The number of nitrogens with two attached hydrogens (primary N) is 1. The lowest BCUT2D eigenvalue weighted by atomic mass is 9.94. The minimum Gasteiger partial charge on any atom is -0.349 e. The Morgan fingerprint density at radius 3 is 2.53 bits per heavy atom. The van der Waals surface area contributed by atoms with Gasteiger partial charge in [-0.3, -0.25) is 4.79 Å². The highest BCUT2D eigenvalue weighted by molar-refractivity contribution is 9.10. The van der Waals surface area contributed by atoms with Gasteiger partial charge in [0.2, 0.25) is 0 Å². The van der Waals surface area contributed by atoms with Crippen molar-refractivity contribution in [3.8, 4) is 0 Å². The van der Waals surface area contributed by atoms with Gasteiger partial charge in [-0.1, -0.05) is 13.8 Å². The molecule has 3 N–H and O–H groups in total. The third-order valence-electron chi connectivity index (χ3n) is 3.21. The van der Waals surface area contributed by atoms with Crippen LogP contribution in [0.5, 0.6) is 0 Å². The van der Waals surface area contributed by atoms with Crippen molar-refractivity contribution in [2.45, 2.75) is 32.2 Å². The SMILES string of the molecule is CCC(N)(CC)CNC(=O)c1cc(Br)cn1C. The molecule has 0 atom stereocenters. The van der Waals surface area contributed by atoms with Crippen molar-refractivity contribution in [1.29, 1.82) is 0 Å². The highest BCUT2D eigenvalue weighted by atomic mass is 79.9. The normalized spacial score (nSPS) is 11.6. The van der Waals surface area contributed by atoms with Crippen molar-refractivity contribution in [2.75, 3.05) is 6.54 Å². The number of carbonyl (C=O) groups is 1. The summed E-state index contributed by atoms with van der Waals surface area (Å²) in [5.41, 5.74) is 6.46. The molecule has 1 heterocycles. The van der Waals surface area contributed by atoms with Crippen LogP contribution in [0, 0.1) is 0 Å². The van der Waals surface area contributed by atoms with Gasteiger partial charge < -0.3 is 15.6 Å². The molecule has 17 heavy (non-hydrogen) atoms. The van der Waals surface area contributed by atoms with Crippen LogP contribution in [0.2, 0.25) is 0 Å². The Balaban J connectivity index is 2.65. The summed E-state index contributed by atoms with van der Waals surface area (Å²) in [5, 5.41) is 2.89. The Kier molecular flexibility index (Phi) is 4.77. The minimum atomic E-state index is -0.307. The minimum absolute atomic E-state index is 0.0880. The largest absolute Gasteiger partial charge is 0.349 e. The van der Waals surface area contributed by atoms with Crippen LogP contribution in [0.15, 0.2) is 16.7 Å². The molecule has 4 nitrogen and oxygen atoms in total. The van der Waals surface area contributed by atoms with Crippen LogP contribution in [0.4, 0.5) is 0 Å². The van der Waals surface area contributed by atoms with Crippen LogP contribution < -0.4 is 11.1 Å². The van der Waals surface area contributed by atoms with Crippen molar-refractivity contribution in [3.63, 3.8) is 0 Å². The van der Waals surface area contributed by atoms with Gasteiger partial charge in [-0.05, 0) is 34.8 Å². The molecule has 0 radical (unpaired) electrons. The maximum absolute atomic E-state index is 11.9. The van der Waals surface area contributed by atoms with Gasteiger partial charge in [0.25, 0.3) is 5.91 Å². The van der Waals surface area contributed by atoms with Crippen molar-refractivity contribution in [3.05, 3.63) is 22.4 Å². The highest BCUT2D eigenvalue weighted by Crippen LogP contribution is 2.14. The van der Waals surface area contributed by atoms with Gasteiger partial charge in [-0.25, -0.2) is 0 Å². The maximum atomic E-state index is 11.9. The molecule has 0 saturated heterocycles. The first-order valence-corrected chi connectivity index (χ1v) is 6.60. The molecule has 0 unspecified atom stereocenters. The van der Waals surface area contributed by atoms with Crippen LogP contribution in [0.1, 0.15) is 37.2 Å². The zero-order chi connectivity index (χ0) is 13.1. The average molecular weight is 302 g/mol. The van der Waals surface area contributed by atoms with Crippen LogP contribution in [-0.4, -0.2) is 22.6 Å². The summed E-state index contributed by atoms with van der Waals surface area (Å²) in [5.74, 6) is -0.0880. The molecular formula is C12H20BrN3O. The van der Waals surface area contributed by atoms with Gasteiger partial charge in [-0.15, -0.1) is 0 Å². The third-order valence-corrected chi connectivity index (χ3v) is 3.65. The number of amides is 1. The van der Waals surface area contributed by atoms with Crippen molar-refractivity contribution < 1.29 is 4.79 Å². The second kappa shape index (κ2) is 5.69. The number of nitrogens with zero attached hydrogens (tertiary/aromatic N) is 1. The molecule has 1 aromatic rings. The fourth-order valence-electron chi connectivity index (χ4n) is 1.60. The molecule has 0 fully saturated rings. The standard InChI is InChI=1S/C12H20BrN3O/c1-4-12(14,5-2)8-15-11(17)10-6-9(13)7-16(10)3/h6-7H,4-5,8,14H2,1-3H3,(H,15,17). The molecule has 0 aliphatic carbocycles. The third kappa shape index (κ3) is 3.57. The van der Waals surface area contributed by atoms with Crippen molar-refractivity contribution in [2.24, 2.45) is 12.8 Å². The lowest BCUT2D eigenvalue weighted by Gasteiger charge is -2.26. The molecule has 0 spiro atoms. The van der Waals surface area contributed by atoms with E-state index in [1.165, 1.54) is 0 Å². The molecule has 1 aromatic heterocycles. The second-order valence-electron chi connectivity index (χ2n) is 4.41. The number of aryl methyl sites for hydroxylation is 1. The van der Waals surface area contributed by atoms with E-state index in [4.69, 9.17) is 5.73 Å². The Morgan fingerprint density at radius 2 is 2.12 bits per heavy atom. The van der Waals surface area contributed by atoms with E-state index in [1.807, 2.05) is 27.1 Å². The van der Waals surface area contributed by atoms with Gasteiger partial charge in [0.15, 0.2) is 0 Å². The van der Waals surface area contributed by atoms with Crippen LogP contribution in [-0.2, 0) is 7.05 Å². The smallest absolute Gasteiger partial charge is 0.267 e. The van der Waals surface area contributed by atoms with Crippen molar-refractivity contribution >= 4 is 21.8 Å². The monoisotopic (exact) mass is 301 g/mol. The Hall–Kier alpha value is -0.810. The van der Waals surface area contributed by atoms with Gasteiger partial charge >= 0.3 is 0 Å². The number of aromatic nitrogens is 1. The summed E-state index contributed by atoms with van der Waals surface area (Å²) in [7, 11) is 1.84. The summed E-state index contributed by atoms with van der Waals surface area (Å²) < 4.78 is 2.69. The molecule has 96 valence electrons. The van der Waals surface area contributed by atoms with Crippen LogP contribution >= 0.6 is 15.9 Å². The predicted octanol–water partition coefficient (Wildman–Crippen LogP) is 2.03. The van der Waals surface area contributed by atoms with E-state index in [-0.39, 0.29) is 11.4 Å². The van der Waals surface area contributed by atoms with E-state index in [1.54, 1.807) is 10.6 Å². The topological polar surface area (TPSA) is 60.0 Å².